The largest absolute Gasteiger partial charge is 0.493 e. The van der Waals surface area contributed by atoms with Gasteiger partial charge in [-0.25, -0.2) is 0 Å². The molecule has 21 heavy (non-hydrogen) atoms. The van der Waals surface area contributed by atoms with Crippen LogP contribution >= 0.6 is 31.9 Å². The lowest BCUT2D eigenvalue weighted by Crippen LogP contribution is -2.03. The summed E-state index contributed by atoms with van der Waals surface area (Å²) in [5.41, 5.74) is 9.03. The van der Waals surface area contributed by atoms with Crippen molar-refractivity contribution in [3.8, 4) is 11.5 Å². The smallest absolute Gasteiger partial charge is 0.147 e. The summed E-state index contributed by atoms with van der Waals surface area (Å²) in [6, 6.07) is 10.0. The van der Waals surface area contributed by atoms with Crippen molar-refractivity contribution in [1.29, 1.82) is 0 Å². The zero-order valence-electron chi connectivity index (χ0n) is 11.4. The first kappa shape index (κ1) is 14.7. The van der Waals surface area contributed by atoms with E-state index in [9.17, 15) is 0 Å². The molecule has 3 rings (SSSR count). The SMILES string of the molecule is Nc1cc(Br)c(OCCc2ccc3c(c2)CCO3)c(Br)c1. The van der Waals surface area contributed by atoms with Gasteiger partial charge in [0.15, 0.2) is 0 Å². The van der Waals surface area contributed by atoms with E-state index in [1.807, 2.05) is 18.2 Å². The molecular formula is C16H15Br2NO2. The molecular weight excluding hydrogens is 398 g/mol. The molecule has 0 atom stereocenters. The molecule has 0 aromatic heterocycles. The lowest BCUT2D eigenvalue weighted by Gasteiger charge is -2.11. The molecule has 2 aromatic carbocycles. The summed E-state index contributed by atoms with van der Waals surface area (Å²) in [4.78, 5) is 0. The van der Waals surface area contributed by atoms with Crippen LogP contribution in [0.25, 0.3) is 0 Å². The molecule has 0 aliphatic carbocycles. The van der Waals surface area contributed by atoms with Crippen LogP contribution in [0, 0.1) is 0 Å². The maximum atomic E-state index is 5.87. The number of hydrogen-bond acceptors (Lipinski definition) is 3. The molecule has 0 fully saturated rings. The summed E-state index contributed by atoms with van der Waals surface area (Å²) in [5, 5.41) is 0. The Labute approximate surface area is 140 Å². The average molecular weight is 413 g/mol. The number of anilines is 1. The Morgan fingerprint density at radius 1 is 1.14 bits per heavy atom. The van der Waals surface area contributed by atoms with E-state index in [0.29, 0.717) is 12.3 Å². The molecule has 0 unspecified atom stereocenters. The number of nitrogen functional groups attached to an aromatic ring is 1. The summed E-state index contributed by atoms with van der Waals surface area (Å²) in [5.74, 6) is 1.80. The Morgan fingerprint density at radius 2 is 1.90 bits per heavy atom. The van der Waals surface area contributed by atoms with Crippen molar-refractivity contribution in [2.75, 3.05) is 18.9 Å². The lowest BCUT2D eigenvalue weighted by atomic mass is 10.1. The van der Waals surface area contributed by atoms with Crippen molar-refractivity contribution in [2.45, 2.75) is 12.8 Å². The quantitative estimate of drug-likeness (QED) is 0.759. The van der Waals surface area contributed by atoms with E-state index in [1.54, 1.807) is 0 Å². The number of nitrogens with two attached hydrogens (primary N) is 1. The molecule has 2 aromatic rings. The normalized spacial score (nSPS) is 12.9. The number of rotatable bonds is 4. The Morgan fingerprint density at radius 3 is 2.67 bits per heavy atom. The molecule has 0 spiro atoms. The highest BCUT2D eigenvalue weighted by Crippen LogP contribution is 2.35. The molecule has 2 N–H and O–H groups in total. The highest BCUT2D eigenvalue weighted by atomic mass is 79.9. The standard InChI is InChI=1S/C16H15Br2NO2/c17-13-8-12(19)9-14(18)16(13)21-5-3-10-1-2-15-11(7-10)4-6-20-15/h1-2,7-9H,3-6,19H2. The average Bonchev–Trinajstić information content (AvgIpc) is 2.89. The summed E-state index contributed by atoms with van der Waals surface area (Å²) in [6.07, 6.45) is 1.86. The predicted octanol–water partition coefficient (Wildman–Crippen LogP) is 4.35. The number of halogens is 2. The number of ether oxygens (including phenoxy) is 2. The Bertz CT molecular complexity index is 650. The van der Waals surface area contributed by atoms with Crippen LogP contribution in [0.3, 0.4) is 0 Å². The van der Waals surface area contributed by atoms with E-state index < -0.39 is 0 Å². The molecule has 110 valence electrons. The van der Waals surface area contributed by atoms with Gasteiger partial charge in [-0.1, -0.05) is 12.1 Å². The Balaban J connectivity index is 1.64. The maximum absolute atomic E-state index is 5.87. The van der Waals surface area contributed by atoms with E-state index in [1.165, 1.54) is 11.1 Å². The van der Waals surface area contributed by atoms with Gasteiger partial charge in [0.25, 0.3) is 0 Å². The summed E-state index contributed by atoms with van der Waals surface area (Å²) in [6.45, 7) is 1.40. The lowest BCUT2D eigenvalue weighted by molar-refractivity contribution is 0.318. The first-order chi connectivity index (χ1) is 10.1. The minimum absolute atomic E-state index is 0.612. The second-order valence-corrected chi connectivity index (χ2v) is 6.66. The van der Waals surface area contributed by atoms with E-state index in [-0.39, 0.29) is 0 Å². The number of benzene rings is 2. The van der Waals surface area contributed by atoms with Gasteiger partial charge < -0.3 is 15.2 Å². The van der Waals surface area contributed by atoms with E-state index >= 15 is 0 Å². The van der Waals surface area contributed by atoms with Gasteiger partial charge in [-0.2, -0.15) is 0 Å². The second kappa shape index (κ2) is 6.28. The molecule has 0 saturated heterocycles. The van der Waals surface area contributed by atoms with Crippen LogP contribution in [0.15, 0.2) is 39.3 Å². The third-order valence-corrected chi connectivity index (χ3v) is 4.59. The fourth-order valence-corrected chi connectivity index (χ4v) is 3.83. The third-order valence-electron chi connectivity index (χ3n) is 3.41. The van der Waals surface area contributed by atoms with Crippen LogP contribution in [-0.2, 0) is 12.8 Å². The van der Waals surface area contributed by atoms with Crippen molar-refractivity contribution >= 4 is 37.5 Å². The number of hydrogen-bond donors (Lipinski definition) is 1. The maximum Gasteiger partial charge on any atom is 0.147 e. The molecule has 0 saturated carbocycles. The highest BCUT2D eigenvalue weighted by molar-refractivity contribution is 9.11. The zero-order chi connectivity index (χ0) is 14.8. The van der Waals surface area contributed by atoms with Gasteiger partial charge in [-0.3, -0.25) is 0 Å². The van der Waals surface area contributed by atoms with Gasteiger partial charge >= 0.3 is 0 Å². The molecule has 1 aliphatic heterocycles. The van der Waals surface area contributed by atoms with Crippen LogP contribution < -0.4 is 15.2 Å². The van der Waals surface area contributed by atoms with Gasteiger partial charge in [-0.15, -0.1) is 0 Å². The van der Waals surface area contributed by atoms with E-state index in [0.717, 1.165) is 39.9 Å². The minimum atomic E-state index is 0.612. The molecule has 1 heterocycles. The van der Waals surface area contributed by atoms with Crippen molar-refractivity contribution in [2.24, 2.45) is 0 Å². The molecule has 0 bridgehead atoms. The summed E-state index contributed by atoms with van der Waals surface area (Å²) < 4.78 is 13.1. The van der Waals surface area contributed by atoms with E-state index in [2.05, 4.69) is 44.0 Å². The predicted molar refractivity (Wildman–Crippen MR) is 91.1 cm³/mol. The number of fused-ring (bicyclic) bond motifs is 1. The molecule has 5 heteroatoms. The highest BCUT2D eigenvalue weighted by Gasteiger charge is 2.12. The fourth-order valence-electron chi connectivity index (χ4n) is 2.38. The van der Waals surface area contributed by atoms with Crippen LogP contribution in [0.5, 0.6) is 11.5 Å². The van der Waals surface area contributed by atoms with Crippen molar-refractivity contribution in [3.05, 3.63) is 50.4 Å². The van der Waals surface area contributed by atoms with Crippen LogP contribution in [-0.4, -0.2) is 13.2 Å². The molecule has 1 aliphatic rings. The Kier molecular flexibility index (Phi) is 4.40. The zero-order valence-corrected chi connectivity index (χ0v) is 14.5. The fraction of sp³-hybridized carbons (Fsp3) is 0.250. The van der Waals surface area contributed by atoms with Gasteiger partial charge in [0.2, 0.25) is 0 Å². The summed E-state index contributed by atoms with van der Waals surface area (Å²) in [7, 11) is 0. The van der Waals surface area contributed by atoms with Gasteiger partial charge in [0, 0.05) is 18.5 Å². The van der Waals surface area contributed by atoms with Crippen LogP contribution in [0.1, 0.15) is 11.1 Å². The summed E-state index contributed by atoms with van der Waals surface area (Å²) >= 11 is 6.95. The molecule has 0 amide bonds. The Hall–Kier alpha value is -1.20. The van der Waals surface area contributed by atoms with E-state index in [4.69, 9.17) is 15.2 Å². The second-order valence-electron chi connectivity index (χ2n) is 4.95. The van der Waals surface area contributed by atoms with Crippen molar-refractivity contribution < 1.29 is 9.47 Å². The van der Waals surface area contributed by atoms with Crippen LogP contribution in [0.4, 0.5) is 5.69 Å². The third kappa shape index (κ3) is 3.35. The minimum Gasteiger partial charge on any atom is -0.493 e. The van der Waals surface area contributed by atoms with Crippen LogP contribution in [0.2, 0.25) is 0 Å². The molecule has 3 nitrogen and oxygen atoms in total. The first-order valence-electron chi connectivity index (χ1n) is 6.75. The monoisotopic (exact) mass is 411 g/mol. The van der Waals surface area contributed by atoms with Gasteiger partial charge in [-0.05, 0) is 61.2 Å². The first-order valence-corrected chi connectivity index (χ1v) is 8.34. The molecule has 0 radical (unpaired) electrons. The van der Waals surface area contributed by atoms with Crippen molar-refractivity contribution in [1.82, 2.24) is 0 Å². The topological polar surface area (TPSA) is 44.5 Å². The van der Waals surface area contributed by atoms with Gasteiger partial charge in [0.1, 0.15) is 11.5 Å². The van der Waals surface area contributed by atoms with Gasteiger partial charge in [0.05, 0.1) is 22.2 Å². The van der Waals surface area contributed by atoms with Crippen molar-refractivity contribution in [3.63, 3.8) is 0 Å².